The van der Waals surface area contributed by atoms with Gasteiger partial charge >= 0.3 is 0 Å². The molecule has 0 radical (unpaired) electrons. The first-order valence-electron chi connectivity index (χ1n) is 7.75. The van der Waals surface area contributed by atoms with E-state index in [1.807, 2.05) is 25.1 Å². The first-order valence-corrected chi connectivity index (χ1v) is 7.75. The molecule has 0 aliphatic carbocycles. The molecule has 1 aliphatic heterocycles. The van der Waals surface area contributed by atoms with E-state index in [1.165, 1.54) is 6.08 Å². The predicted molar refractivity (Wildman–Crippen MR) is 96.0 cm³/mol. The maximum atomic E-state index is 12.1. The van der Waals surface area contributed by atoms with Gasteiger partial charge < -0.3 is 20.1 Å². The van der Waals surface area contributed by atoms with Crippen molar-refractivity contribution in [3.05, 3.63) is 53.6 Å². The van der Waals surface area contributed by atoms with Crippen molar-refractivity contribution >= 4 is 29.3 Å². The van der Waals surface area contributed by atoms with E-state index in [2.05, 4.69) is 10.6 Å². The maximum absolute atomic E-state index is 12.1. The summed E-state index contributed by atoms with van der Waals surface area (Å²) in [5, 5.41) is 5.46. The molecule has 2 N–H and O–H groups in total. The molecule has 128 valence electrons. The molecule has 6 nitrogen and oxygen atoms in total. The molecule has 0 saturated carbocycles. The number of carbonyl (C=O) groups excluding carboxylic acids is 2. The largest absolute Gasteiger partial charge is 0.496 e. The highest BCUT2D eigenvalue weighted by Crippen LogP contribution is 2.30. The number of anilines is 2. The van der Waals surface area contributed by atoms with Crippen LogP contribution >= 0.6 is 0 Å². The minimum atomic E-state index is -0.286. The minimum Gasteiger partial charge on any atom is -0.496 e. The van der Waals surface area contributed by atoms with Crippen LogP contribution in [0.4, 0.5) is 11.4 Å². The van der Waals surface area contributed by atoms with E-state index >= 15 is 0 Å². The molecule has 0 aromatic heterocycles. The van der Waals surface area contributed by atoms with Crippen LogP contribution in [-0.4, -0.2) is 25.5 Å². The van der Waals surface area contributed by atoms with Crippen molar-refractivity contribution in [3.63, 3.8) is 0 Å². The van der Waals surface area contributed by atoms with E-state index in [4.69, 9.17) is 9.47 Å². The van der Waals surface area contributed by atoms with Crippen LogP contribution in [0.5, 0.6) is 11.5 Å². The predicted octanol–water partition coefficient (Wildman–Crippen LogP) is 2.99. The fourth-order valence-corrected chi connectivity index (χ4v) is 2.49. The Morgan fingerprint density at radius 1 is 1.28 bits per heavy atom. The molecule has 0 saturated heterocycles. The van der Waals surface area contributed by atoms with Crippen molar-refractivity contribution in [3.8, 4) is 11.5 Å². The summed E-state index contributed by atoms with van der Waals surface area (Å²) in [6.45, 7) is 1.97. The summed E-state index contributed by atoms with van der Waals surface area (Å²) in [5.41, 5.74) is 3.00. The molecule has 2 aromatic rings. The van der Waals surface area contributed by atoms with Gasteiger partial charge in [0, 0.05) is 17.3 Å². The van der Waals surface area contributed by atoms with E-state index < -0.39 is 0 Å². The fraction of sp³-hybridized carbons (Fsp3) is 0.158. The van der Waals surface area contributed by atoms with Gasteiger partial charge in [0.05, 0.1) is 12.8 Å². The summed E-state index contributed by atoms with van der Waals surface area (Å²) < 4.78 is 10.6. The lowest BCUT2D eigenvalue weighted by atomic mass is 10.1. The lowest BCUT2D eigenvalue weighted by molar-refractivity contribution is -0.118. The number of fused-ring (bicyclic) bond motifs is 1. The first-order chi connectivity index (χ1) is 12.0. The smallest absolute Gasteiger partial charge is 0.262 e. The summed E-state index contributed by atoms with van der Waals surface area (Å²) in [7, 11) is 1.59. The first kappa shape index (κ1) is 16.6. The number of ether oxygens (including phenoxy) is 2. The van der Waals surface area contributed by atoms with Gasteiger partial charge in [-0.15, -0.1) is 0 Å². The number of amides is 2. The fourth-order valence-electron chi connectivity index (χ4n) is 2.49. The third-order valence-electron chi connectivity index (χ3n) is 3.68. The standard InChI is InChI=1S/C19H18N2O4/c1-12-3-6-16(24-2)13(9-12)4-8-18(22)20-14-5-7-17-15(10-14)21-19(23)11-25-17/h3-10H,11H2,1-2H3,(H,20,22)(H,21,23)/b8-4+. The van der Waals surface area contributed by atoms with Gasteiger partial charge in [0.1, 0.15) is 11.5 Å². The van der Waals surface area contributed by atoms with Crippen LogP contribution in [0.1, 0.15) is 11.1 Å². The van der Waals surface area contributed by atoms with E-state index in [0.717, 1.165) is 11.1 Å². The zero-order chi connectivity index (χ0) is 17.8. The van der Waals surface area contributed by atoms with Crippen LogP contribution in [0, 0.1) is 6.92 Å². The lowest BCUT2D eigenvalue weighted by Gasteiger charge is -2.18. The van der Waals surface area contributed by atoms with Crippen molar-refractivity contribution < 1.29 is 19.1 Å². The van der Waals surface area contributed by atoms with Gasteiger partial charge in [-0.05, 0) is 43.3 Å². The molecule has 2 amide bonds. The number of carbonyl (C=O) groups is 2. The summed E-state index contributed by atoms with van der Waals surface area (Å²) >= 11 is 0. The number of hydrogen-bond acceptors (Lipinski definition) is 4. The molecule has 6 heteroatoms. The number of aryl methyl sites for hydroxylation is 1. The SMILES string of the molecule is COc1ccc(C)cc1/C=C/C(=O)Nc1ccc2c(c1)NC(=O)CO2. The third-order valence-corrected chi connectivity index (χ3v) is 3.68. The molecule has 0 bridgehead atoms. The van der Waals surface area contributed by atoms with Crippen molar-refractivity contribution in [2.24, 2.45) is 0 Å². The number of hydrogen-bond donors (Lipinski definition) is 2. The molecule has 0 spiro atoms. The normalized spacial score (nSPS) is 13.0. The van der Waals surface area contributed by atoms with Crippen LogP contribution in [0.3, 0.4) is 0 Å². The molecule has 0 atom stereocenters. The number of methoxy groups -OCH3 is 1. The van der Waals surface area contributed by atoms with Crippen molar-refractivity contribution in [1.82, 2.24) is 0 Å². The van der Waals surface area contributed by atoms with Gasteiger partial charge in [-0.1, -0.05) is 11.6 Å². The summed E-state index contributed by atoms with van der Waals surface area (Å²) in [6, 6.07) is 10.8. The Morgan fingerprint density at radius 3 is 2.92 bits per heavy atom. The van der Waals surface area contributed by atoms with Gasteiger partial charge in [-0.25, -0.2) is 0 Å². The second-order valence-electron chi connectivity index (χ2n) is 5.62. The summed E-state index contributed by atoms with van der Waals surface area (Å²) in [4.78, 5) is 23.5. The number of rotatable bonds is 4. The summed E-state index contributed by atoms with van der Waals surface area (Å²) in [6.07, 6.45) is 3.14. The molecule has 0 unspecified atom stereocenters. The Labute approximate surface area is 145 Å². The average Bonchev–Trinajstić information content (AvgIpc) is 2.59. The van der Waals surface area contributed by atoms with Gasteiger partial charge in [-0.2, -0.15) is 0 Å². The van der Waals surface area contributed by atoms with Crippen molar-refractivity contribution in [2.45, 2.75) is 6.92 Å². The Bertz CT molecular complexity index is 858. The average molecular weight is 338 g/mol. The highest BCUT2D eigenvalue weighted by molar-refractivity contribution is 6.03. The van der Waals surface area contributed by atoms with Crippen LogP contribution in [0.2, 0.25) is 0 Å². The molecule has 25 heavy (non-hydrogen) atoms. The monoisotopic (exact) mass is 338 g/mol. The second-order valence-corrected chi connectivity index (χ2v) is 5.62. The number of benzene rings is 2. The van der Waals surface area contributed by atoms with Gasteiger partial charge in [-0.3, -0.25) is 9.59 Å². The van der Waals surface area contributed by atoms with Crippen LogP contribution < -0.4 is 20.1 Å². The van der Waals surface area contributed by atoms with E-state index in [9.17, 15) is 9.59 Å². The maximum Gasteiger partial charge on any atom is 0.262 e. The van der Waals surface area contributed by atoms with Gasteiger partial charge in [0.15, 0.2) is 6.61 Å². The molecule has 0 fully saturated rings. The van der Waals surface area contributed by atoms with E-state index in [0.29, 0.717) is 22.9 Å². The molecular formula is C19H18N2O4. The summed E-state index contributed by atoms with van der Waals surface area (Å²) in [5.74, 6) is 0.773. The molecule has 3 rings (SSSR count). The van der Waals surface area contributed by atoms with Gasteiger partial charge in [0.25, 0.3) is 5.91 Å². The molecule has 2 aromatic carbocycles. The quantitative estimate of drug-likeness (QED) is 0.840. The molecule has 1 heterocycles. The van der Waals surface area contributed by atoms with Crippen molar-refractivity contribution in [1.29, 1.82) is 0 Å². The van der Waals surface area contributed by atoms with Crippen LogP contribution in [0.25, 0.3) is 6.08 Å². The number of nitrogens with one attached hydrogen (secondary N) is 2. The second kappa shape index (κ2) is 7.09. The van der Waals surface area contributed by atoms with E-state index in [1.54, 1.807) is 31.4 Å². The minimum absolute atomic E-state index is 0.000229. The highest BCUT2D eigenvalue weighted by atomic mass is 16.5. The zero-order valence-corrected chi connectivity index (χ0v) is 14.0. The molecule has 1 aliphatic rings. The topological polar surface area (TPSA) is 76.7 Å². The van der Waals surface area contributed by atoms with Crippen molar-refractivity contribution in [2.75, 3.05) is 24.4 Å². The Hall–Kier alpha value is -3.28. The Kier molecular flexibility index (Phi) is 4.70. The van der Waals surface area contributed by atoms with E-state index in [-0.39, 0.29) is 18.4 Å². The van der Waals surface area contributed by atoms with Crippen LogP contribution in [-0.2, 0) is 9.59 Å². The zero-order valence-electron chi connectivity index (χ0n) is 14.0. The Morgan fingerprint density at radius 2 is 2.12 bits per heavy atom. The third kappa shape index (κ3) is 3.98. The molecular weight excluding hydrogens is 320 g/mol. The van der Waals surface area contributed by atoms with Crippen LogP contribution in [0.15, 0.2) is 42.5 Å². The highest BCUT2D eigenvalue weighted by Gasteiger charge is 2.16. The van der Waals surface area contributed by atoms with Gasteiger partial charge in [0.2, 0.25) is 5.91 Å². The lowest BCUT2D eigenvalue weighted by Crippen LogP contribution is -2.25. The Balaban J connectivity index is 1.72.